The standard InChI is InChI=1S/C14H16N4O/c1-2-8-18-12(6-1)16-17-14(18)10-4-3-5-11-13(10)19-9-7-15-11/h3-5,15H,1-2,6-9H2. The molecule has 1 aromatic heterocycles. The maximum absolute atomic E-state index is 5.83. The highest BCUT2D eigenvalue weighted by Crippen LogP contribution is 2.38. The Balaban J connectivity index is 1.86. The summed E-state index contributed by atoms with van der Waals surface area (Å²) in [5.41, 5.74) is 2.10. The van der Waals surface area contributed by atoms with Gasteiger partial charge in [0.15, 0.2) is 11.6 Å². The smallest absolute Gasteiger partial charge is 0.167 e. The van der Waals surface area contributed by atoms with Crippen LogP contribution in [0.15, 0.2) is 18.2 Å². The minimum absolute atomic E-state index is 0.699. The van der Waals surface area contributed by atoms with E-state index in [9.17, 15) is 0 Å². The Kier molecular flexibility index (Phi) is 2.43. The molecule has 19 heavy (non-hydrogen) atoms. The van der Waals surface area contributed by atoms with Crippen molar-refractivity contribution in [3.8, 4) is 17.1 Å². The predicted molar refractivity (Wildman–Crippen MR) is 72.4 cm³/mol. The van der Waals surface area contributed by atoms with Gasteiger partial charge in [0.2, 0.25) is 0 Å². The fraction of sp³-hybridized carbons (Fsp3) is 0.429. The number of rotatable bonds is 1. The van der Waals surface area contributed by atoms with Gasteiger partial charge in [-0.1, -0.05) is 6.07 Å². The predicted octanol–water partition coefficient (Wildman–Crippen LogP) is 2.09. The van der Waals surface area contributed by atoms with E-state index in [0.717, 1.165) is 48.2 Å². The van der Waals surface area contributed by atoms with Crippen LogP contribution in [0.4, 0.5) is 5.69 Å². The minimum atomic E-state index is 0.699. The fourth-order valence-corrected chi connectivity index (χ4v) is 2.85. The summed E-state index contributed by atoms with van der Waals surface area (Å²) in [5.74, 6) is 2.95. The minimum Gasteiger partial charge on any atom is -0.489 e. The van der Waals surface area contributed by atoms with E-state index in [1.54, 1.807) is 0 Å². The molecule has 2 aliphatic heterocycles. The van der Waals surface area contributed by atoms with Crippen LogP contribution in [0.5, 0.6) is 5.75 Å². The second-order valence-electron chi connectivity index (χ2n) is 5.01. The van der Waals surface area contributed by atoms with E-state index >= 15 is 0 Å². The third-order valence-electron chi connectivity index (χ3n) is 3.78. The van der Waals surface area contributed by atoms with Gasteiger partial charge in [-0.2, -0.15) is 0 Å². The molecule has 0 saturated carbocycles. The van der Waals surface area contributed by atoms with Crippen LogP contribution in [-0.2, 0) is 13.0 Å². The lowest BCUT2D eigenvalue weighted by Gasteiger charge is -2.22. The van der Waals surface area contributed by atoms with Gasteiger partial charge in [-0.15, -0.1) is 10.2 Å². The number of aryl methyl sites for hydroxylation is 1. The first kappa shape index (κ1) is 10.8. The van der Waals surface area contributed by atoms with Gasteiger partial charge in [-0.3, -0.25) is 0 Å². The zero-order valence-corrected chi connectivity index (χ0v) is 10.7. The molecule has 0 spiro atoms. The van der Waals surface area contributed by atoms with E-state index < -0.39 is 0 Å². The van der Waals surface area contributed by atoms with Crippen LogP contribution in [0.3, 0.4) is 0 Å². The van der Waals surface area contributed by atoms with Crippen molar-refractivity contribution in [2.75, 3.05) is 18.5 Å². The van der Waals surface area contributed by atoms with Gasteiger partial charge in [0.25, 0.3) is 0 Å². The highest BCUT2D eigenvalue weighted by atomic mass is 16.5. The molecule has 2 aliphatic rings. The van der Waals surface area contributed by atoms with E-state index in [2.05, 4.69) is 26.1 Å². The van der Waals surface area contributed by atoms with Crippen molar-refractivity contribution in [1.29, 1.82) is 0 Å². The third kappa shape index (κ3) is 1.69. The fourth-order valence-electron chi connectivity index (χ4n) is 2.85. The number of nitrogens with one attached hydrogen (secondary N) is 1. The molecule has 5 nitrogen and oxygen atoms in total. The Morgan fingerprint density at radius 3 is 3.21 bits per heavy atom. The lowest BCUT2D eigenvalue weighted by molar-refractivity contribution is 0.324. The van der Waals surface area contributed by atoms with Gasteiger partial charge < -0.3 is 14.6 Å². The third-order valence-corrected chi connectivity index (χ3v) is 3.78. The SMILES string of the molecule is c1cc2c(c(-c3nnc4n3CCCC4)c1)OCCN2. The average molecular weight is 256 g/mol. The van der Waals surface area contributed by atoms with E-state index in [1.165, 1.54) is 12.8 Å². The van der Waals surface area contributed by atoms with Gasteiger partial charge in [-0.05, 0) is 25.0 Å². The summed E-state index contributed by atoms with van der Waals surface area (Å²) in [6.07, 6.45) is 3.44. The summed E-state index contributed by atoms with van der Waals surface area (Å²) in [7, 11) is 0. The van der Waals surface area contributed by atoms with E-state index in [4.69, 9.17) is 4.74 Å². The molecule has 0 unspecified atom stereocenters. The Morgan fingerprint density at radius 2 is 2.21 bits per heavy atom. The van der Waals surface area contributed by atoms with Crippen molar-refractivity contribution in [1.82, 2.24) is 14.8 Å². The first-order chi connectivity index (χ1) is 9.43. The summed E-state index contributed by atoms with van der Waals surface area (Å²) in [6.45, 7) is 2.56. The van der Waals surface area contributed by atoms with Crippen LogP contribution in [0.1, 0.15) is 18.7 Å². The lowest BCUT2D eigenvalue weighted by atomic mass is 10.1. The molecule has 0 radical (unpaired) electrons. The molecule has 0 fully saturated rings. The summed E-state index contributed by atoms with van der Waals surface area (Å²) < 4.78 is 8.06. The van der Waals surface area contributed by atoms with Crippen molar-refractivity contribution >= 4 is 5.69 Å². The molecule has 0 atom stereocenters. The molecule has 0 amide bonds. The van der Waals surface area contributed by atoms with E-state index in [1.807, 2.05) is 12.1 Å². The summed E-state index contributed by atoms with van der Waals surface area (Å²) in [5, 5.41) is 12.1. The zero-order valence-electron chi connectivity index (χ0n) is 10.7. The van der Waals surface area contributed by atoms with Crippen LogP contribution in [0.25, 0.3) is 11.4 Å². The first-order valence-electron chi connectivity index (χ1n) is 6.85. The number of anilines is 1. The van der Waals surface area contributed by atoms with Crippen molar-refractivity contribution in [3.63, 3.8) is 0 Å². The van der Waals surface area contributed by atoms with Crippen molar-refractivity contribution in [3.05, 3.63) is 24.0 Å². The Hall–Kier alpha value is -2.04. The van der Waals surface area contributed by atoms with Gasteiger partial charge in [-0.25, -0.2) is 0 Å². The second-order valence-corrected chi connectivity index (χ2v) is 5.01. The number of fused-ring (bicyclic) bond motifs is 2. The highest BCUT2D eigenvalue weighted by Gasteiger charge is 2.22. The van der Waals surface area contributed by atoms with Crippen LogP contribution in [-0.4, -0.2) is 27.9 Å². The highest BCUT2D eigenvalue weighted by molar-refractivity contribution is 5.75. The molecule has 3 heterocycles. The van der Waals surface area contributed by atoms with Crippen molar-refractivity contribution in [2.45, 2.75) is 25.8 Å². The monoisotopic (exact) mass is 256 g/mol. The van der Waals surface area contributed by atoms with Gasteiger partial charge in [0, 0.05) is 19.5 Å². The van der Waals surface area contributed by atoms with E-state index in [0.29, 0.717) is 6.61 Å². The number of aromatic nitrogens is 3. The van der Waals surface area contributed by atoms with Crippen LogP contribution >= 0.6 is 0 Å². The maximum Gasteiger partial charge on any atom is 0.167 e. The molecule has 98 valence electrons. The molecule has 1 aromatic carbocycles. The Morgan fingerprint density at radius 1 is 1.21 bits per heavy atom. The van der Waals surface area contributed by atoms with Gasteiger partial charge >= 0.3 is 0 Å². The number of ether oxygens (including phenoxy) is 1. The largest absolute Gasteiger partial charge is 0.489 e. The van der Waals surface area contributed by atoms with Crippen LogP contribution < -0.4 is 10.1 Å². The van der Waals surface area contributed by atoms with Gasteiger partial charge in [0.1, 0.15) is 12.4 Å². The number of hydrogen-bond acceptors (Lipinski definition) is 4. The summed E-state index contributed by atoms with van der Waals surface area (Å²) in [4.78, 5) is 0. The maximum atomic E-state index is 5.83. The Bertz CT molecular complexity index is 620. The quantitative estimate of drug-likeness (QED) is 0.848. The summed E-state index contributed by atoms with van der Waals surface area (Å²) in [6, 6.07) is 6.16. The molecule has 2 aromatic rings. The zero-order chi connectivity index (χ0) is 12.7. The normalized spacial score (nSPS) is 17.1. The molecule has 5 heteroatoms. The number of benzene rings is 1. The molecular formula is C14H16N4O. The molecular weight excluding hydrogens is 240 g/mol. The Labute approximate surface area is 111 Å². The number of hydrogen-bond donors (Lipinski definition) is 1. The molecule has 0 bridgehead atoms. The molecule has 4 rings (SSSR count). The van der Waals surface area contributed by atoms with Gasteiger partial charge in [0.05, 0.1) is 11.3 Å². The van der Waals surface area contributed by atoms with Crippen LogP contribution in [0.2, 0.25) is 0 Å². The first-order valence-corrected chi connectivity index (χ1v) is 6.85. The number of nitrogens with zero attached hydrogens (tertiary/aromatic N) is 3. The molecule has 0 aliphatic carbocycles. The van der Waals surface area contributed by atoms with E-state index in [-0.39, 0.29) is 0 Å². The molecule has 0 saturated heterocycles. The van der Waals surface area contributed by atoms with Crippen molar-refractivity contribution < 1.29 is 4.74 Å². The molecule has 1 N–H and O–H groups in total. The topological polar surface area (TPSA) is 52.0 Å². The average Bonchev–Trinajstić information content (AvgIpc) is 2.90. The number of para-hydroxylation sites is 1. The van der Waals surface area contributed by atoms with Crippen molar-refractivity contribution in [2.24, 2.45) is 0 Å². The second kappa shape index (κ2) is 4.26. The lowest BCUT2D eigenvalue weighted by Crippen LogP contribution is -2.19. The van der Waals surface area contributed by atoms with Crippen LogP contribution in [0, 0.1) is 0 Å². The summed E-state index contributed by atoms with van der Waals surface area (Å²) >= 11 is 0.